The Kier molecular flexibility index (Phi) is 4.43. The van der Waals surface area contributed by atoms with E-state index < -0.39 is 0 Å². The van der Waals surface area contributed by atoms with Gasteiger partial charge in [0.25, 0.3) is 0 Å². The molecule has 0 N–H and O–H groups in total. The molecule has 1 nitrogen and oxygen atoms in total. The largest absolute Gasteiger partial charge is 0.345 e. The molecule has 2 aliphatic carbocycles. The summed E-state index contributed by atoms with van der Waals surface area (Å²) in [6, 6.07) is 24.4. The van der Waals surface area contributed by atoms with Crippen LogP contribution in [0.5, 0.6) is 0 Å². The van der Waals surface area contributed by atoms with E-state index >= 15 is 0 Å². The van der Waals surface area contributed by atoms with Crippen molar-refractivity contribution < 1.29 is 0 Å². The van der Waals surface area contributed by atoms with Gasteiger partial charge in [0.1, 0.15) is 0 Å². The van der Waals surface area contributed by atoms with Gasteiger partial charge in [-0.05, 0) is 70.3 Å². The highest BCUT2D eigenvalue weighted by molar-refractivity contribution is 5.73. The zero-order valence-corrected chi connectivity index (χ0v) is 18.3. The lowest BCUT2D eigenvalue weighted by Gasteiger charge is -2.30. The molecular formula is C29H29N. The van der Waals surface area contributed by atoms with Crippen molar-refractivity contribution in [1.82, 2.24) is 0 Å². The van der Waals surface area contributed by atoms with Gasteiger partial charge in [0.15, 0.2) is 0 Å². The van der Waals surface area contributed by atoms with Gasteiger partial charge in [-0.3, -0.25) is 0 Å². The van der Waals surface area contributed by atoms with Crippen LogP contribution in [0.25, 0.3) is 11.1 Å². The van der Waals surface area contributed by atoms with E-state index in [-0.39, 0.29) is 5.41 Å². The number of hydrogen-bond donors (Lipinski definition) is 0. The summed E-state index contributed by atoms with van der Waals surface area (Å²) < 4.78 is 0. The number of rotatable bonds is 3. The molecule has 0 saturated carbocycles. The molecule has 2 atom stereocenters. The van der Waals surface area contributed by atoms with Crippen molar-refractivity contribution in [1.29, 1.82) is 0 Å². The van der Waals surface area contributed by atoms with Crippen molar-refractivity contribution in [2.24, 2.45) is 5.92 Å². The van der Waals surface area contributed by atoms with Crippen LogP contribution in [0.2, 0.25) is 0 Å². The summed E-state index contributed by atoms with van der Waals surface area (Å²) in [7, 11) is 2.17. The predicted octanol–water partition coefficient (Wildman–Crippen LogP) is 7.55. The maximum atomic E-state index is 2.41. The number of fused-ring (bicyclic) bond motifs is 3. The zero-order chi connectivity index (χ0) is 20.9. The first kappa shape index (κ1) is 18.9. The second-order valence-corrected chi connectivity index (χ2v) is 9.24. The Hall–Kier alpha value is -3.06. The van der Waals surface area contributed by atoms with Crippen LogP contribution < -0.4 is 4.90 Å². The highest BCUT2D eigenvalue weighted by Crippen LogP contribution is 2.53. The molecule has 0 aliphatic heterocycles. The number of aryl methyl sites for hydroxylation is 1. The molecule has 2 unspecified atom stereocenters. The maximum Gasteiger partial charge on any atom is 0.0411 e. The molecule has 0 heterocycles. The van der Waals surface area contributed by atoms with Crippen molar-refractivity contribution in [3.8, 4) is 11.1 Å². The van der Waals surface area contributed by atoms with Gasteiger partial charge in [-0.2, -0.15) is 0 Å². The Labute approximate surface area is 180 Å². The van der Waals surface area contributed by atoms with Gasteiger partial charge in [0.2, 0.25) is 0 Å². The molecule has 0 fully saturated rings. The van der Waals surface area contributed by atoms with Gasteiger partial charge in [0, 0.05) is 24.3 Å². The first-order chi connectivity index (χ1) is 14.5. The number of allylic oxidation sites excluding steroid dienone is 4. The summed E-state index contributed by atoms with van der Waals surface area (Å²) in [5, 5.41) is 0. The molecule has 0 aromatic heterocycles. The zero-order valence-electron chi connectivity index (χ0n) is 18.3. The van der Waals surface area contributed by atoms with E-state index in [0.29, 0.717) is 11.8 Å². The van der Waals surface area contributed by atoms with Gasteiger partial charge in [0.05, 0.1) is 0 Å². The normalized spacial score (nSPS) is 20.7. The minimum Gasteiger partial charge on any atom is -0.345 e. The number of nitrogens with zero attached hydrogens (tertiary/aromatic N) is 1. The van der Waals surface area contributed by atoms with Crippen molar-refractivity contribution in [2.45, 2.75) is 32.1 Å². The summed E-state index contributed by atoms with van der Waals surface area (Å²) in [6.45, 7) is 6.99. The smallest absolute Gasteiger partial charge is 0.0411 e. The van der Waals surface area contributed by atoms with Crippen LogP contribution in [0.1, 0.15) is 36.5 Å². The van der Waals surface area contributed by atoms with Crippen LogP contribution in [0.15, 0.2) is 91.0 Å². The standard InChI is InChI=1S/C29H29N/c1-20-18-22(14-16-24(20)21-10-6-5-7-11-21)30(4)23-15-17-26-25-12-8-9-13-27(25)29(2,3)28(26)19-23/h5-19,25,27H,1-4H3. The minimum atomic E-state index is 0.144. The fourth-order valence-electron chi connectivity index (χ4n) is 5.32. The Morgan fingerprint density at radius 3 is 2.27 bits per heavy atom. The lowest BCUT2D eigenvalue weighted by molar-refractivity contribution is 0.394. The van der Waals surface area contributed by atoms with Gasteiger partial charge in [-0.15, -0.1) is 0 Å². The van der Waals surface area contributed by atoms with Crippen LogP contribution in [-0.4, -0.2) is 7.05 Å². The highest BCUT2D eigenvalue weighted by atomic mass is 15.1. The molecule has 30 heavy (non-hydrogen) atoms. The van der Waals surface area contributed by atoms with Gasteiger partial charge >= 0.3 is 0 Å². The topological polar surface area (TPSA) is 3.24 Å². The quantitative estimate of drug-likeness (QED) is 0.445. The Morgan fingerprint density at radius 2 is 1.50 bits per heavy atom. The molecule has 0 amide bonds. The summed E-state index contributed by atoms with van der Waals surface area (Å²) in [5.41, 5.74) is 9.45. The van der Waals surface area contributed by atoms with Crippen LogP contribution >= 0.6 is 0 Å². The first-order valence-corrected chi connectivity index (χ1v) is 10.9. The fourth-order valence-corrected chi connectivity index (χ4v) is 5.32. The minimum absolute atomic E-state index is 0.144. The van der Waals surface area contributed by atoms with E-state index in [0.717, 1.165) is 0 Å². The number of hydrogen-bond acceptors (Lipinski definition) is 1. The molecule has 1 heteroatoms. The van der Waals surface area contributed by atoms with Crippen molar-refractivity contribution in [3.05, 3.63) is 108 Å². The molecule has 5 rings (SSSR count). The van der Waals surface area contributed by atoms with Crippen molar-refractivity contribution >= 4 is 11.4 Å². The highest BCUT2D eigenvalue weighted by Gasteiger charge is 2.44. The fraction of sp³-hybridized carbons (Fsp3) is 0.241. The van der Waals surface area contributed by atoms with Crippen molar-refractivity contribution in [2.75, 3.05) is 11.9 Å². The number of anilines is 2. The average molecular weight is 392 g/mol. The average Bonchev–Trinajstić information content (AvgIpc) is 3.01. The third-order valence-electron chi connectivity index (χ3n) is 7.13. The SMILES string of the molecule is Cc1cc(N(C)c2ccc3c(c2)C(C)(C)C2C=CC=CC32)ccc1-c1ccccc1. The molecule has 0 bridgehead atoms. The third-order valence-corrected chi connectivity index (χ3v) is 7.13. The van der Waals surface area contributed by atoms with Crippen molar-refractivity contribution in [3.63, 3.8) is 0 Å². The molecule has 3 aromatic carbocycles. The summed E-state index contributed by atoms with van der Waals surface area (Å²) in [5.74, 6) is 1.05. The lowest BCUT2D eigenvalue weighted by atomic mass is 9.74. The summed E-state index contributed by atoms with van der Waals surface area (Å²) in [4.78, 5) is 2.31. The van der Waals surface area contributed by atoms with E-state index in [1.807, 2.05) is 0 Å². The monoisotopic (exact) mass is 391 g/mol. The molecule has 2 aliphatic rings. The molecular weight excluding hydrogens is 362 g/mol. The Balaban J connectivity index is 1.50. The third kappa shape index (κ3) is 2.92. The molecule has 0 spiro atoms. The van der Waals surface area contributed by atoms with Crippen LogP contribution in [0.4, 0.5) is 11.4 Å². The maximum absolute atomic E-state index is 2.41. The van der Waals surface area contributed by atoms with Gasteiger partial charge in [-0.25, -0.2) is 0 Å². The van der Waals surface area contributed by atoms with E-state index in [1.54, 1.807) is 0 Å². The van der Waals surface area contributed by atoms with Crippen LogP contribution in [-0.2, 0) is 5.41 Å². The molecule has 150 valence electrons. The summed E-state index contributed by atoms with van der Waals surface area (Å²) >= 11 is 0. The summed E-state index contributed by atoms with van der Waals surface area (Å²) in [6.07, 6.45) is 9.16. The van der Waals surface area contributed by atoms with Crippen LogP contribution in [0, 0.1) is 12.8 Å². The van der Waals surface area contributed by atoms with E-state index in [9.17, 15) is 0 Å². The second kappa shape index (κ2) is 7.02. The van der Waals surface area contributed by atoms with Gasteiger partial charge in [-0.1, -0.05) is 80.6 Å². The van der Waals surface area contributed by atoms with E-state index in [2.05, 4.69) is 124 Å². The molecule has 3 aromatic rings. The molecule has 0 saturated heterocycles. The van der Waals surface area contributed by atoms with Gasteiger partial charge < -0.3 is 4.90 Å². The first-order valence-electron chi connectivity index (χ1n) is 10.9. The Bertz CT molecular complexity index is 1150. The number of benzene rings is 3. The lowest BCUT2D eigenvalue weighted by Crippen LogP contribution is -2.24. The second-order valence-electron chi connectivity index (χ2n) is 9.24. The predicted molar refractivity (Wildman–Crippen MR) is 129 cm³/mol. The van der Waals surface area contributed by atoms with E-state index in [1.165, 1.54) is 39.2 Å². The van der Waals surface area contributed by atoms with E-state index in [4.69, 9.17) is 0 Å². The van der Waals surface area contributed by atoms with Crippen LogP contribution in [0.3, 0.4) is 0 Å². The Morgan fingerprint density at radius 1 is 0.800 bits per heavy atom. The molecule has 0 radical (unpaired) electrons.